The minimum Gasteiger partial charge on any atom is -0.492 e. The van der Waals surface area contributed by atoms with Crippen LogP contribution < -0.4 is 15.8 Å². The molecule has 1 aromatic rings. The summed E-state index contributed by atoms with van der Waals surface area (Å²) >= 11 is 6.16. The number of carbonyl (C=O) groups is 1. The monoisotopic (exact) mass is 346 g/mol. The average Bonchev–Trinajstić information content (AvgIpc) is 2.46. The van der Waals surface area contributed by atoms with Gasteiger partial charge in [-0.1, -0.05) is 24.9 Å². The van der Waals surface area contributed by atoms with E-state index in [1.165, 1.54) is 0 Å². The predicted molar refractivity (Wildman–Crippen MR) is 93.0 cm³/mol. The Morgan fingerprint density at radius 2 is 2.23 bits per heavy atom. The number of rotatable bonds is 5. The van der Waals surface area contributed by atoms with Gasteiger partial charge in [0.15, 0.2) is 0 Å². The maximum Gasteiger partial charge on any atom is 0.227 e. The first kappa shape index (κ1) is 19.1. The number of anilines is 1. The van der Waals surface area contributed by atoms with Crippen molar-refractivity contribution < 1.29 is 9.53 Å². The number of hydrogen-bond donors (Lipinski definition) is 2. The molecule has 6 heteroatoms. The number of carbonyl (C=O) groups excluding carboxylic acids is 1. The highest BCUT2D eigenvalue weighted by Gasteiger charge is 2.25. The van der Waals surface area contributed by atoms with Crippen molar-refractivity contribution in [1.29, 1.82) is 0 Å². The van der Waals surface area contributed by atoms with Crippen molar-refractivity contribution in [3.05, 3.63) is 23.2 Å². The molecule has 22 heavy (non-hydrogen) atoms. The Labute approximate surface area is 143 Å². The Balaban J connectivity index is 0.00000242. The van der Waals surface area contributed by atoms with Crippen molar-refractivity contribution in [1.82, 2.24) is 0 Å². The molecule has 0 aromatic heterocycles. The van der Waals surface area contributed by atoms with Crippen molar-refractivity contribution in [3.63, 3.8) is 0 Å². The van der Waals surface area contributed by atoms with E-state index >= 15 is 0 Å². The molecule has 0 heterocycles. The van der Waals surface area contributed by atoms with Crippen LogP contribution in [0.15, 0.2) is 18.2 Å². The van der Waals surface area contributed by atoms with E-state index in [4.69, 9.17) is 22.1 Å². The van der Waals surface area contributed by atoms with E-state index in [1.807, 2.05) is 13.0 Å². The largest absolute Gasteiger partial charge is 0.492 e. The van der Waals surface area contributed by atoms with Gasteiger partial charge in [-0.25, -0.2) is 0 Å². The number of nitrogens with two attached hydrogens (primary N) is 1. The number of amides is 1. The highest BCUT2D eigenvalue weighted by molar-refractivity contribution is 6.32. The first-order chi connectivity index (χ1) is 10.1. The van der Waals surface area contributed by atoms with E-state index in [0.29, 0.717) is 23.1 Å². The summed E-state index contributed by atoms with van der Waals surface area (Å²) in [6, 6.07) is 5.48. The normalized spacial score (nSPS) is 20.9. The maximum absolute atomic E-state index is 12.2. The molecular weight excluding hydrogens is 323 g/mol. The highest BCUT2D eigenvalue weighted by Crippen LogP contribution is 2.29. The maximum atomic E-state index is 12.2. The molecule has 1 aliphatic carbocycles. The molecule has 1 fully saturated rings. The molecule has 2 rings (SSSR count). The lowest BCUT2D eigenvalue weighted by molar-refractivity contribution is -0.120. The van der Waals surface area contributed by atoms with Gasteiger partial charge in [0.25, 0.3) is 0 Å². The SMILES string of the molecule is CCCOc1ccc(NC(=O)C2CCCC(N)C2)cc1Cl.Cl. The van der Waals surface area contributed by atoms with Crippen LogP contribution in [0.4, 0.5) is 5.69 Å². The van der Waals surface area contributed by atoms with Crippen LogP contribution in [0.3, 0.4) is 0 Å². The number of halogens is 2. The first-order valence-corrected chi connectivity index (χ1v) is 7.96. The second-order valence-corrected chi connectivity index (χ2v) is 6.01. The van der Waals surface area contributed by atoms with Crippen molar-refractivity contribution >= 4 is 35.6 Å². The second-order valence-electron chi connectivity index (χ2n) is 5.61. The molecule has 0 radical (unpaired) electrons. The third kappa shape index (κ3) is 5.34. The van der Waals surface area contributed by atoms with Crippen molar-refractivity contribution in [2.75, 3.05) is 11.9 Å². The third-order valence-electron chi connectivity index (χ3n) is 3.75. The van der Waals surface area contributed by atoms with Crippen LogP contribution in [0.25, 0.3) is 0 Å². The molecule has 4 nitrogen and oxygen atoms in total. The summed E-state index contributed by atoms with van der Waals surface area (Å²) in [6.45, 7) is 2.67. The number of benzene rings is 1. The summed E-state index contributed by atoms with van der Waals surface area (Å²) in [5.41, 5.74) is 6.63. The molecule has 0 aliphatic heterocycles. The van der Waals surface area contributed by atoms with Gasteiger partial charge in [-0.05, 0) is 43.9 Å². The average molecular weight is 347 g/mol. The zero-order valence-electron chi connectivity index (χ0n) is 12.8. The van der Waals surface area contributed by atoms with Gasteiger partial charge in [-0.3, -0.25) is 4.79 Å². The second kappa shape index (κ2) is 9.23. The Morgan fingerprint density at radius 3 is 2.86 bits per heavy atom. The van der Waals surface area contributed by atoms with Crippen LogP contribution in [-0.2, 0) is 4.79 Å². The third-order valence-corrected chi connectivity index (χ3v) is 4.04. The number of nitrogens with one attached hydrogen (secondary N) is 1. The molecule has 0 spiro atoms. The minimum atomic E-state index is 0. The summed E-state index contributed by atoms with van der Waals surface area (Å²) in [7, 11) is 0. The van der Waals surface area contributed by atoms with Crippen LogP contribution >= 0.6 is 24.0 Å². The summed E-state index contributed by atoms with van der Waals surface area (Å²) in [6.07, 6.45) is 4.63. The molecule has 1 amide bonds. The molecule has 1 aliphatic rings. The van der Waals surface area contributed by atoms with Crippen molar-refractivity contribution in [2.24, 2.45) is 11.7 Å². The smallest absolute Gasteiger partial charge is 0.227 e. The Bertz CT molecular complexity index is 497. The quantitative estimate of drug-likeness (QED) is 0.846. The van der Waals surface area contributed by atoms with E-state index in [2.05, 4.69) is 5.32 Å². The van der Waals surface area contributed by atoms with Gasteiger partial charge in [-0.2, -0.15) is 0 Å². The van der Waals surface area contributed by atoms with E-state index in [-0.39, 0.29) is 30.3 Å². The van der Waals surface area contributed by atoms with Gasteiger partial charge in [0.05, 0.1) is 11.6 Å². The predicted octanol–water partition coefficient (Wildman–Crippen LogP) is 4.01. The zero-order chi connectivity index (χ0) is 15.2. The lowest BCUT2D eigenvalue weighted by Gasteiger charge is -2.25. The number of hydrogen-bond acceptors (Lipinski definition) is 3. The fraction of sp³-hybridized carbons (Fsp3) is 0.562. The van der Waals surface area contributed by atoms with Crippen molar-refractivity contribution in [3.8, 4) is 5.75 Å². The van der Waals surface area contributed by atoms with Crippen LogP contribution in [-0.4, -0.2) is 18.6 Å². The lowest BCUT2D eigenvalue weighted by Crippen LogP contribution is -2.34. The van der Waals surface area contributed by atoms with E-state index < -0.39 is 0 Å². The van der Waals surface area contributed by atoms with Gasteiger partial charge in [-0.15, -0.1) is 12.4 Å². The standard InChI is InChI=1S/C16H23ClN2O2.ClH/c1-2-8-21-15-7-6-13(10-14(15)17)19-16(20)11-4-3-5-12(18)9-11;/h6-7,10-12H,2-5,8-9,18H2,1H3,(H,19,20);1H. The molecule has 2 unspecified atom stereocenters. The molecule has 2 atom stereocenters. The molecule has 3 N–H and O–H groups in total. The van der Waals surface area contributed by atoms with Crippen LogP contribution in [0, 0.1) is 5.92 Å². The highest BCUT2D eigenvalue weighted by atomic mass is 35.5. The molecule has 1 saturated carbocycles. The number of ether oxygens (including phenoxy) is 1. The van der Waals surface area contributed by atoms with Crippen LogP contribution in [0.5, 0.6) is 5.75 Å². The molecule has 124 valence electrons. The summed E-state index contributed by atoms with van der Waals surface area (Å²) in [4.78, 5) is 12.2. The Kier molecular flexibility index (Phi) is 8.01. The van der Waals surface area contributed by atoms with Gasteiger partial charge < -0.3 is 15.8 Å². The van der Waals surface area contributed by atoms with Gasteiger partial charge in [0.1, 0.15) is 5.75 Å². The van der Waals surface area contributed by atoms with Gasteiger partial charge in [0.2, 0.25) is 5.91 Å². The fourth-order valence-corrected chi connectivity index (χ4v) is 2.85. The molecule has 0 bridgehead atoms. The fourth-order valence-electron chi connectivity index (χ4n) is 2.62. The summed E-state index contributed by atoms with van der Waals surface area (Å²) in [5.74, 6) is 0.684. The minimum absolute atomic E-state index is 0. The van der Waals surface area contributed by atoms with E-state index in [1.54, 1.807) is 12.1 Å². The van der Waals surface area contributed by atoms with E-state index in [0.717, 1.165) is 32.1 Å². The Hall–Kier alpha value is -0.970. The van der Waals surface area contributed by atoms with E-state index in [9.17, 15) is 4.79 Å². The molecular formula is C16H24Cl2N2O2. The van der Waals surface area contributed by atoms with Crippen molar-refractivity contribution in [2.45, 2.75) is 45.1 Å². The Morgan fingerprint density at radius 1 is 1.45 bits per heavy atom. The first-order valence-electron chi connectivity index (χ1n) is 7.59. The lowest BCUT2D eigenvalue weighted by atomic mass is 9.85. The molecule has 1 aromatic carbocycles. The topological polar surface area (TPSA) is 64.3 Å². The van der Waals surface area contributed by atoms with Gasteiger partial charge >= 0.3 is 0 Å². The van der Waals surface area contributed by atoms with Gasteiger partial charge in [0, 0.05) is 17.6 Å². The van der Waals surface area contributed by atoms with Crippen LogP contribution in [0.2, 0.25) is 5.02 Å². The zero-order valence-corrected chi connectivity index (χ0v) is 14.4. The summed E-state index contributed by atoms with van der Waals surface area (Å²) < 4.78 is 5.52. The molecule has 0 saturated heterocycles. The summed E-state index contributed by atoms with van der Waals surface area (Å²) in [5, 5.41) is 3.44. The van der Waals surface area contributed by atoms with Crippen LogP contribution in [0.1, 0.15) is 39.0 Å².